The summed E-state index contributed by atoms with van der Waals surface area (Å²) >= 11 is 7.64. The van der Waals surface area contributed by atoms with Crippen LogP contribution in [0.15, 0.2) is 78.9 Å². The fraction of sp³-hybridized carbons (Fsp3) is 0.0417. The molecule has 0 radical (unpaired) electrons. The standard InChI is InChI=1S/C24H18ClN3OS/c1-16-11-13-18(14-12-16)23-27-28-24(30-23)26-22(29)20(17-7-3-2-4-8-17)15-19-9-5-6-10-21(19)25/h2-15H,1H3,(H,26,28,29)/b20-15+. The number of nitrogens with zero attached hydrogens (tertiary/aromatic N) is 2. The monoisotopic (exact) mass is 431 g/mol. The first-order valence-corrected chi connectivity index (χ1v) is 10.5. The molecule has 1 amide bonds. The van der Waals surface area contributed by atoms with E-state index in [0.29, 0.717) is 15.7 Å². The number of carbonyl (C=O) groups is 1. The predicted molar refractivity (Wildman–Crippen MR) is 124 cm³/mol. The first kappa shape index (κ1) is 20.0. The van der Waals surface area contributed by atoms with Gasteiger partial charge in [-0.15, -0.1) is 10.2 Å². The highest BCUT2D eigenvalue weighted by atomic mass is 35.5. The van der Waals surface area contributed by atoms with Gasteiger partial charge < -0.3 is 0 Å². The summed E-state index contributed by atoms with van der Waals surface area (Å²) in [5, 5.41) is 13.0. The fourth-order valence-corrected chi connectivity index (χ4v) is 3.83. The molecule has 1 N–H and O–H groups in total. The Morgan fingerprint density at radius 3 is 2.37 bits per heavy atom. The van der Waals surface area contributed by atoms with E-state index < -0.39 is 0 Å². The van der Waals surface area contributed by atoms with Crippen LogP contribution in [0.25, 0.3) is 22.2 Å². The highest BCUT2D eigenvalue weighted by Gasteiger charge is 2.16. The third kappa shape index (κ3) is 4.64. The zero-order valence-electron chi connectivity index (χ0n) is 16.2. The summed E-state index contributed by atoms with van der Waals surface area (Å²) in [6.45, 7) is 2.03. The van der Waals surface area contributed by atoms with Crippen molar-refractivity contribution in [2.75, 3.05) is 5.32 Å². The van der Waals surface area contributed by atoms with Crippen LogP contribution < -0.4 is 5.32 Å². The van der Waals surface area contributed by atoms with Crippen molar-refractivity contribution in [1.82, 2.24) is 10.2 Å². The van der Waals surface area contributed by atoms with Crippen LogP contribution in [-0.2, 0) is 4.79 Å². The molecule has 6 heteroatoms. The van der Waals surface area contributed by atoms with Gasteiger partial charge in [0.25, 0.3) is 5.91 Å². The molecule has 0 aliphatic rings. The molecule has 0 bridgehead atoms. The van der Waals surface area contributed by atoms with Crippen LogP contribution in [0.3, 0.4) is 0 Å². The molecule has 3 aromatic carbocycles. The summed E-state index contributed by atoms with van der Waals surface area (Å²) in [5.41, 5.74) is 4.20. The van der Waals surface area contributed by atoms with Gasteiger partial charge in [-0.25, -0.2) is 0 Å². The van der Waals surface area contributed by atoms with Crippen molar-refractivity contribution in [2.24, 2.45) is 0 Å². The molecule has 148 valence electrons. The lowest BCUT2D eigenvalue weighted by molar-refractivity contribution is -0.111. The summed E-state index contributed by atoms with van der Waals surface area (Å²) < 4.78 is 0. The van der Waals surface area contributed by atoms with Gasteiger partial charge in [-0.2, -0.15) is 0 Å². The van der Waals surface area contributed by atoms with Crippen molar-refractivity contribution in [3.05, 3.63) is 101 Å². The van der Waals surface area contributed by atoms with Crippen LogP contribution in [0.1, 0.15) is 16.7 Å². The zero-order chi connectivity index (χ0) is 20.9. The molecule has 0 spiro atoms. The van der Waals surface area contributed by atoms with Gasteiger partial charge in [-0.1, -0.05) is 101 Å². The van der Waals surface area contributed by atoms with Crippen LogP contribution in [0, 0.1) is 6.92 Å². The van der Waals surface area contributed by atoms with E-state index in [2.05, 4.69) is 15.5 Å². The third-order valence-corrected chi connectivity index (χ3v) is 5.71. The van der Waals surface area contributed by atoms with Gasteiger partial charge in [0.15, 0.2) is 0 Å². The van der Waals surface area contributed by atoms with Gasteiger partial charge in [-0.3, -0.25) is 10.1 Å². The average Bonchev–Trinajstić information content (AvgIpc) is 3.22. The summed E-state index contributed by atoms with van der Waals surface area (Å²) in [7, 11) is 0. The van der Waals surface area contributed by atoms with Gasteiger partial charge in [0.2, 0.25) is 5.13 Å². The average molecular weight is 432 g/mol. The van der Waals surface area contributed by atoms with Crippen molar-refractivity contribution in [1.29, 1.82) is 0 Å². The Hall–Kier alpha value is -3.28. The molecular weight excluding hydrogens is 414 g/mol. The SMILES string of the molecule is Cc1ccc(-c2nnc(NC(=O)/C(=C/c3ccccc3Cl)c3ccccc3)s2)cc1. The van der Waals surface area contributed by atoms with Gasteiger partial charge >= 0.3 is 0 Å². The second-order valence-corrected chi connectivity index (χ2v) is 8.06. The second kappa shape index (κ2) is 9.03. The summed E-state index contributed by atoms with van der Waals surface area (Å²) in [5.74, 6) is -0.271. The van der Waals surface area contributed by atoms with Crippen LogP contribution >= 0.6 is 22.9 Å². The lowest BCUT2D eigenvalue weighted by Gasteiger charge is -2.08. The van der Waals surface area contributed by atoms with Gasteiger partial charge in [0.1, 0.15) is 5.01 Å². The summed E-state index contributed by atoms with van der Waals surface area (Å²) in [4.78, 5) is 13.1. The highest BCUT2D eigenvalue weighted by molar-refractivity contribution is 7.18. The van der Waals surface area contributed by atoms with Crippen molar-refractivity contribution in [3.8, 4) is 10.6 Å². The molecule has 0 atom stereocenters. The van der Waals surface area contributed by atoms with Crippen LogP contribution in [-0.4, -0.2) is 16.1 Å². The number of nitrogens with one attached hydrogen (secondary N) is 1. The van der Waals surface area contributed by atoms with Crippen molar-refractivity contribution in [2.45, 2.75) is 6.92 Å². The number of hydrogen-bond donors (Lipinski definition) is 1. The molecule has 1 heterocycles. The molecule has 4 aromatic rings. The van der Waals surface area contributed by atoms with Crippen molar-refractivity contribution < 1.29 is 4.79 Å². The van der Waals surface area contributed by atoms with Gasteiger partial charge in [-0.05, 0) is 30.2 Å². The van der Waals surface area contributed by atoms with E-state index >= 15 is 0 Å². The first-order valence-electron chi connectivity index (χ1n) is 9.34. The molecule has 4 nitrogen and oxygen atoms in total. The van der Waals surface area contributed by atoms with Crippen LogP contribution in [0.5, 0.6) is 0 Å². The number of anilines is 1. The highest BCUT2D eigenvalue weighted by Crippen LogP contribution is 2.28. The van der Waals surface area contributed by atoms with Crippen molar-refractivity contribution in [3.63, 3.8) is 0 Å². The molecule has 0 fully saturated rings. The number of aromatic nitrogens is 2. The Bertz CT molecular complexity index is 1200. The molecule has 1 aromatic heterocycles. The maximum Gasteiger partial charge on any atom is 0.258 e. The minimum atomic E-state index is -0.271. The lowest BCUT2D eigenvalue weighted by atomic mass is 10.0. The van der Waals surface area contributed by atoms with E-state index in [9.17, 15) is 4.79 Å². The molecule has 30 heavy (non-hydrogen) atoms. The van der Waals surface area contributed by atoms with Crippen LogP contribution in [0.2, 0.25) is 5.02 Å². The van der Waals surface area contributed by atoms with E-state index in [0.717, 1.165) is 21.7 Å². The molecule has 0 unspecified atom stereocenters. The Morgan fingerprint density at radius 1 is 0.933 bits per heavy atom. The largest absolute Gasteiger partial charge is 0.296 e. The summed E-state index contributed by atoms with van der Waals surface area (Å²) in [6, 6.07) is 24.9. The number of aryl methyl sites for hydroxylation is 1. The predicted octanol–water partition coefficient (Wildman–Crippen LogP) is 6.35. The Balaban J connectivity index is 1.63. The number of hydrogen-bond acceptors (Lipinski definition) is 4. The minimum absolute atomic E-state index is 0.271. The Kier molecular flexibility index (Phi) is 6.02. The molecule has 0 aliphatic heterocycles. The molecule has 0 aliphatic carbocycles. The van der Waals surface area contributed by atoms with E-state index in [-0.39, 0.29) is 5.91 Å². The normalized spacial score (nSPS) is 11.3. The van der Waals surface area contributed by atoms with E-state index in [1.165, 1.54) is 16.9 Å². The Morgan fingerprint density at radius 2 is 1.63 bits per heavy atom. The number of benzene rings is 3. The van der Waals surface area contributed by atoms with Gasteiger partial charge in [0.05, 0.1) is 0 Å². The lowest BCUT2D eigenvalue weighted by Crippen LogP contribution is -2.13. The molecule has 0 saturated heterocycles. The second-order valence-electron chi connectivity index (χ2n) is 6.68. The Labute approximate surface area is 183 Å². The maximum atomic E-state index is 13.1. The molecular formula is C24H18ClN3OS. The number of carbonyl (C=O) groups excluding carboxylic acids is 1. The fourth-order valence-electron chi connectivity index (χ4n) is 2.90. The number of rotatable bonds is 5. The van der Waals surface area contributed by atoms with E-state index in [1.807, 2.05) is 79.7 Å². The van der Waals surface area contributed by atoms with E-state index in [1.54, 1.807) is 12.1 Å². The third-order valence-electron chi connectivity index (χ3n) is 4.48. The quantitative estimate of drug-likeness (QED) is 0.296. The smallest absolute Gasteiger partial charge is 0.258 e. The zero-order valence-corrected chi connectivity index (χ0v) is 17.7. The topological polar surface area (TPSA) is 54.9 Å². The van der Waals surface area contributed by atoms with E-state index in [4.69, 9.17) is 11.6 Å². The first-order chi connectivity index (χ1) is 14.6. The molecule has 4 rings (SSSR count). The number of amides is 1. The van der Waals surface area contributed by atoms with Gasteiger partial charge in [0, 0.05) is 16.2 Å². The molecule has 0 saturated carbocycles. The summed E-state index contributed by atoms with van der Waals surface area (Å²) in [6.07, 6.45) is 1.79. The van der Waals surface area contributed by atoms with Crippen molar-refractivity contribution >= 4 is 45.6 Å². The maximum absolute atomic E-state index is 13.1. The van der Waals surface area contributed by atoms with Crippen LogP contribution in [0.4, 0.5) is 5.13 Å². The number of halogens is 1. The minimum Gasteiger partial charge on any atom is -0.296 e.